The van der Waals surface area contributed by atoms with E-state index in [-0.39, 0.29) is 17.6 Å². The second-order valence-corrected chi connectivity index (χ2v) is 6.61. The van der Waals surface area contributed by atoms with Crippen molar-refractivity contribution in [3.63, 3.8) is 0 Å². The van der Waals surface area contributed by atoms with Gasteiger partial charge in [-0.3, -0.25) is 0 Å². The number of methoxy groups -OCH3 is 1. The molecule has 1 heterocycles. The Balaban J connectivity index is 2.09. The lowest BCUT2D eigenvalue weighted by Crippen LogP contribution is -2.63. The van der Waals surface area contributed by atoms with Gasteiger partial charge in [0.15, 0.2) is 11.6 Å². The van der Waals surface area contributed by atoms with E-state index in [0.717, 1.165) is 18.5 Å². The Hall–Kier alpha value is -1.79. The largest absolute Gasteiger partial charge is 0.494 e. The molecule has 1 aromatic carbocycles. The van der Waals surface area contributed by atoms with Crippen molar-refractivity contribution in [1.29, 1.82) is 0 Å². The highest BCUT2D eigenvalue weighted by Gasteiger charge is 2.47. The molecular weight excluding hydrogens is 321 g/mol. The third kappa shape index (κ3) is 3.46. The van der Waals surface area contributed by atoms with Gasteiger partial charge in [-0.2, -0.15) is 9.98 Å². The molecule has 0 saturated heterocycles. The van der Waals surface area contributed by atoms with Crippen LogP contribution in [0.2, 0.25) is 0 Å². The molecule has 0 bridgehead atoms. The van der Waals surface area contributed by atoms with Gasteiger partial charge in [-0.15, -0.1) is 0 Å². The summed E-state index contributed by atoms with van der Waals surface area (Å²) in [6, 6.07) is 5.40. The van der Waals surface area contributed by atoms with Gasteiger partial charge in [0.25, 0.3) is 0 Å². The summed E-state index contributed by atoms with van der Waals surface area (Å²) in [5.41, 5.74) is 0.809. The fraction of sp³-hybridized carbons (Fsp3) is 0.579. The van der Waals surface area contributed by atoms with Gasteiger partial charge in [0.05, 0.1) is 13.7 Å². The monoisotopic (exact) mass is 348 g/mol. The van der Waals surface area contributed by atoms with E-state index in [2.05, 4.69) is 9.98 Å². The topological polar surface area (TPSA) is 43.2 Å². The molecule has 2 atom stereocenters. The zero-order valence-electron chi connectivity index (χ0n) is 15.0. The summed E-state index contributed by atoms with van der Waals surface area (Å²) in [4.78, 5) is 8.84. The Morgan fingerprint density at radius 1 is 1.20 bits per heavy atom. The molecule has 1 fully saturated rings. The maximum absolute atomic E-state index is 14.5. The van der Waals surface area contributed by atoms with Crippen LogP contribution in [-0.2, 0) is 4.74 Å². The number of halogens is 1. The molecule has 2 unspecified atom stereocenters. The van der Waals surface area contributed by atoms with E-state index < -0.39 is 6.35 Å². The quantitative estimate of drug-likeness (QED) is 0.589. The van der Waals surface area contributed by atoms with Gasteiger partial charge >= 0.3 is 6.35 Å². The van der Waals surface area contributed by atoms with Gasteiger partial charge in [-0.25, -0.2) is 8.87 Å². The van der Waals surface area contributed by atoms with Gasteiger partial charge in [-0.05, 0) is 25.8 Å². The third-order valence-corrected chi connectivity index (χ3v) is 5.21. The van der Waals surface area contributed by atoms with Gasteiger partial charge in [-0.1, -0.05) is 12.8 Å². The van der Waals surface area contributed by atoms with Crippen LogP contribution in [0.1, 0.15) is 45.4 Å². The minimum absolute atomic E-state index is 0.244. The third-order valence-electron chi connectivity index (χ3n) is 5.21. The number of benzene rings is 1. The number of ether oxygens (including phenoxy) is 2. The first kappa shape index (κ1) is 18.0. The lowest BCUT2D eigenvalue weighted by Gasteiger charge is -2.44. The van der Waals surface area contributed by atoms with Crippen molar-refractivity contribution in [2.24, 2.45) is 9.98 Å². The Morgan fingerprint density at radius 3 is 2.60 bits per heavy atom. The van der Waals surface area contributed by atoms with E-state index in [1.165, 1.54) is 39.1 Å². The molecule has 0 spiro atoms. The van der Waals surface area contributed by atoms with Crippen LogP contribution in [0.15, 0.2) is 28.2 Å². The summed E-state index contributed by atoms with van der Waals surface area (Å²) < 4.78 is 25.9. The highest BCUT2D eigenvalue weighted by molar-refractivity contribution is 5.83. The van der Waals surface area contributed by atoms with E-state index in [1.807, 2.05) is 19.3 Å². The predicted octanol–water partition coefficient (Wildman–Crippen LogP) is 4.25. The molecule has 1 aliphatic carbocycles. The van der Waals surface area contributed by atoms with Crippen LogP contribution in [0, 0.1) is 5.82 Å². The number of rotatable bonds is 5. The number of hydrogen-bond donors (Lipinski definition) is 0. The van der Waals surface area contributed by atoms with Crippen molar-refractivity contribution in [2.45, 2.75) is 57.8 Å². The molecule has 136 valence electrons. The maximum atomic E-state index is 14.5. The summed E-state index contributed by atoms with van der Waals surface area (Å²) in [5.74, 6) is -0.127. The smallest absolute Gasteiger partial charge is 0.306 e. The van der Waals surface area contributed by atoms with E-state index in [4.69, 9.17) is 9.47 Å². The summed E-state index contributed by atoms with van der Waals surface area (Å²) in [6.07, 6.45) is 9.91. The second-order valence-electron chi connectivity index (χ2n) is 6.61. The maximum Gasteiger partial charge on any atom is 0.306 e. The first-order valence-corrected chi connectivity index (χ1v) is 9.12. The van der Waals surface area contributed by atoms with Crippen molar-refractivity contribution in [2.75, 3.05) is 13.7 Å². The second kappa shape index (κ2) is 8.06. The highest BCUT2D eigenvalue weighted by Crippen LogP contribution is 2.38. The molecule has 1 aliphatic heterocycles. The van der Waals surface area contributed by atoms with Gasteiger partial charge in [0.2, 0.25) is 6.34 Å². The lowest BCUT2D eigenvalue weighted by molar-refractivity contribution is -0.0275. The van der Waals surface area contributed by atoms with Crippen LogP contribution < -0.4 is 9.22 Å². The molecule has 6 heteroatoms. The van der Waals surface area contributed by atoms with Crippen molar-refractivity contribution in [3.8, 4) is 5.75 Å². The van der Waals surface area contributed by atoms with E-state index in [0.29, 0.717) is 11.1 Å². The summed E-state index contributed by atoms with van der Waals surface area (Å²) in [5, 5.41) is 0. The first-order chi connectivity index (χ1) is 12.2. The number of hydrogen-bond acceptors (Lipinski definition) is 4. The molecule has 1 aromatic rings. The van der Waals surface area contributed by atoms with Crippen LogP contribution >= 0.6 is 0 Å². The van der Waals surface area contributed by atoms with Crippen molar-refractivity contribution >= 4 is 18.4 Å². The fourth-order valence-electron chi connectivity index (χ4n) is 3.98. The van der Waals surface area contributed by atoms with Crippen LogP contribution in [0.25, 0.3) is 0 Å². The zero-order valence-corrected chi connectivity index (χ0v) is 15.0. The van der Waals surface area contributed by atoms with Crippen molar-refractivity contribution < 1.29 is 13.9 Å². The summed E-state index contributed by atoms with van der Waals surface area (Å²) in [6.45, 7) is 2.50. The molecule has 25 heavy (non-hydrogen) atoms. The van der Waals surface area contributed by atoms with Crippen LogP contribution in [0.4, 0.5) is 10.1 Å². The number of aliphatic imine (C=N–C) groups is 2. The van der Waals surface area contributed by atoms with Gasteiger partial charge in [0, 0.05) is 25.0 Å². The van der Waals surface area contributed by atoms with Gasteiger partial charge in [0.1, 0.15) is 18.1 Å². The Labute approximate surface area is 148 Å². The number of quaternary nitrogens is 1. The minimum Gasteiger partial charge on any atom is -0.494 e. The standard InChI is InChI=1S/C19H27FN3O2/c1-3-25-19-22-13-21-14-23(19,15-8-6-4-5-7-9-15)16-10-11-18(24-2)17(20)12-16/h10-15,19H,3-9H2,1-2H3/q+1. The van der Waals surface area contributed by atoms with E-state index in [1.54, 1.807) is 12.1 Å². The van der Waals surface area contributed by atoms with Crippen LogP contribution in [0.3, 0.4) is 0 Å². The van der Waals surface area contributed by atoms with Gasteiger partial charge < -0.3 is 9.47 Å². The molecule has 0 amide bonds. The zero-order chi connectivity index (χ0) is 17.7. The summed E-state index contributed by atoms with van der Waals surface area (Å²) in [7, 11) is 1.48. The summed E-state index contributed by atoms with van der Waals surface area (Å²) >= 11 is 0. The Kier molecular flexibility index (Phi) is 5.81. The molecule has 2 aliphatic rings. The van der Waals surface area contributed by atoms with Crippen molar-refractivity contribution in [1.82, 2.24) is 4.48 Å². The highest BCUT2D eigenvalue weighted by atomic mass is 19.1. The Morgan fingerprint density at radius 2 is 1.96 bits per heavy atom. The molecule has 0 radical (unpaired) electrons. The minimum atomic E-state index is -0.432. The van der Waals surface area contributed by atoms with E-state index in [9.17, 15) is 4.39 Å². The molecule has 0 N–H and O–H groups in total. The van der Waals surface area contributed by atoms with Crippen LogP contribution in [0.5, 0.6) is 5.75 Å². The number of nitrogens with zero attached hydrogens (tertiary/aromatic N) is 3. The molecule has 0 aromatic heterocycles. The SMILES string of the molecule is CCOC1N=CN=C[N+]1(c1ccc(OC)c(F)c1)C1CCCCCC1. The Bertz CT molecular complexity index is 642. The average Bonchev–Trinajstić information content (AvgIpc) is 2.92. The van der Waals surface area contributed by atoms with Crippen LogP contribution in [-0.4, -0.2) is 38.8 Å². The molecule has 3 rings (SSSR count). The molecule has 5 nitrogen and oxygen atoms in total. The predicted molar refractivity (Wildman–Crippen MR) is 98.6 cm³/mol. The first-order valence-electron chi connectivity index (χ1n) is 9.12. The molecule has 1 saturated carbocycles. The fourth-order valence-corrected chi connectivity index (χ4v) is 3.98. The van der Waals surface area contributed by atoms with E-state index >= 15 is 0 Å². The normalized spacial score (nSPS) is 27.2. The lowest BCUT2D eigenvalue weighted by atomic mass is 10.0. The van der Waals surface area contributed by atoms with Crippen molar-refractivity contribution in [3.05, 3.63) is 24.0 Å². The molecular formula is C19H27FN3O2+. The average molecular weight is 348 g/mol.